The Balaban J connectivity index is 1.82. The summed E-state index contributed by atoms with van der Waals surface area (Å²) in [5.41, 5.74) is 1.85. The van der Waals surface area contributed by atoms with Gasteiger partial charge in [-0.1, -0.05) is 32.0 Å². The minimum Gasteiger partial charge on any atom is -0.490 e. The average Bonchev–Trinajstić information content (AvgIpc) is 2.52. The molecular formula is C18H19NO2. The van der Waals surface area contributed by atoms with Crippen molar-refractivity contribution in [1.82, 2.24) is 0 Å². The van der Waals surface area contributed by atoms with Crippen molar-refractivity contribution in [1.29, 1.82) is 5.26 Å². The van der Waals surface area contributed by atoms with Crippen molar-refractivity contribution in [3.63, 3.8) is 0 Å². The van der Waals surface area contributed by atoms with E-state index < -0.39 is 0 Å². The van der Waals surface area contributed by atoms with Gasteiger partial charge >= 0.3 is 0 Å². The van der Waals surface area contributed by atoms with Crippen LogP contribution in [0.1, 0.15) is 30.9 Å². The largest absolute Gasteiger partial charge is 0.490 e. The van der Waals surface area contributed by atoms with E-state index >= 15 is 0 Å². The Labute approximate surface area is 125 Å². The highest BCUT2D eigenvalue weighted by Crippen LogP contribution is 2.20. The van der Waals surface area contributed by atoms with Gasteiger partial charge in [0.25, 0.3) is 0 Å². The zero-order valence-corrected chi connectivity index (χ0v) is 12.4. The number of hydrogen-bond donors (Lipinski definition) is 0. The maximum Gasteiger partial charge on any atom is 0.122 e. The molecule has 2 aromatic carbocycles. The Bertz CT molecular complexity index is 629. The molecule has 0 saturated heterocycles. The van der Waals surface area contributed by atoms with E-state index in [0.29, 0.717) is 30.4 Å². The Morgan fingerprint density at radius 2 is 1.57 bits per heavy atom. The lowest BCUT2D eigenvalue weighted by molar-refractivity contribution is 0.217. The smallest absolute Gasteiger partial charge is 0.122 e. The van der Waals surface area contributed by atoms with Gasteiger partial charge in [0, 0.05) is 0 Å². The summed E-state index contributed by atoms with van der Waals surface area (Å²) >= 11 is 0. The van der Waals surface area contributed by atoms with Gasteiger partial charge < -0.3 is 9.47 Å². The third-order valence-corrected chi connectivity index (χ3v) is 3.11. The molecule has 0 amide bonds. The molecule has 0 spiro atoms. The van der Waals surface area contributed by atoms with E-state index in [9.17, 15) is 0 Å². The van der Waals surface area contributed by atoms with E-state index in [2.05, 4.69) is 32.0 Å². The first-order valence-corrected chi connectivity index (χ1v) is 7.05. The van der Waals surface area contributed by atoms with Crippen LogP contribution in [0.15, 0.2) is 48.5 Å². The first-order chi connectivity index (χ1) is 10.2. The molecular weight excluding hydrogens is 262 g/mol. The van der Waals surface area contributed by atoms with E-state index in [1.165, 1.54) is 5.56 Å². The van der Waals surface area contributed by atoms with E-state index in [1.54, 1.807) is 18.2 Å². The SMILES string of the molecule is CC(C)c1cccc(OCCOc2cccc(C#N)c2)c1. The molecule has 108 valence electrons. The summed E-state index contributed by atoms with van der Waals surface area (Å²) in [5.74, 6) is 2.03. The first kappa shape index (κ1) is 14.9. The lowest BCUT2D eigenvalue weighted by Crippen LogP contribution is -2.09. The Morgan fingerprint density at radius 1 is 0.952 bits per heavy atom. The van der Waals surface area contributed by atoms with Crippen LogP contribution in [0.25, 0.3) is 0 Å². The molecule has 0 aromatic heterocycles. The van der Waals surface area contributed by atoms with E-state index in [4.69, 9.17) is 14.7 Å². The molecule has 0 aliphatic rings. The first-order valence-electron chi connectivity index (χ1n) is 7.05. The molecule has 0 N–H and O–H groups in total. The van der Waals surface area contributed by atoms with Crippen molar-refractivity contribution >= 4 is 0 Å². The van der Waals surface area contributed by atoms with Crippen molar-refractivity contribution in [3.8, 4) is 17.6 Å². The fourth-order valence-corrected chi connectivity index (χ4v) is 1.94. The van der Waals surface area contributed by atoms with Gasteiger partial charge in [0.15, 0.2) is 0 Å². The number of benzene rings is 2. The summed E-state index contributed by atoms with van der Waals surface area (Å²) in [7, 11) is 0. The Morgan fingerprint density at radius 3 is 2.19 bits per heavy atom. The Hall–Kier alpha value is -2.47. The number of rotatable bonds is 6. The van der Waals surface area contributed by atoms with Crippen LogP contribution in [-0.2, 0) is 0 Å². The molecule has 0 heterocycles. The number of nitriles is 1. The van der Waals surface area contributed by atoms with Crippen LogP contribution in [0.2, 0.25) is 0 Å². The van der Waals surface area contributed by atoms with Crippen LogP contribution < -0.4 is 9.47 Å². The van der Waals surface area contributed by atoms with Gasteiger partial charge in [-0.25, -0.2) is 0 Å². The fraction of sp³-hybridized carbons (Fsp3) is 0.278. The highest BCUT2D eigenvalue weighted by Gasteiger charge is 2.01. The van der Waals surface area contributed by atoms with Crippen LogP contribution in [0, 0.1) is 11.3 Å². The quantitative estimate of drug-likeness (QED) is 0.747. The molecule has 0 unspecified atom stereocenters. The summed E-state index contributed by atoms with van der Waals surface area (Å²) in [5, 5.41) is 8.82. The summed E-state index contributed by atoms with van der Waals surface area (Å²) in [6.07, 6.45) is 0. The van der Waals surface area contributed by atoms with Crippen LogP contribution >= 0.6 is 0 Å². The summed E-state index contributed by atoms with van der Waals surface area (Å²) in [4.78, 5) is 0. The molecule has 0 fully saturated rings. The van der Waals surface area contributed by atoms with Crippen LogP contribution in [0.5, 0.6) is 11.5 Å². The lowest BCUT2D eigenvalue weighted by atomic mass is 10.0. The minimum absolute atomic E-state index is 0.445. The average molecular weight is 281 g/mol. The molecule has 2 aromatic rings. The molecule has 3 nitrogen and oxygen atoms in total. The van der Waals surface area contributed by atoms with Gasteiger partial charge in [-0.15, -0.1) is 0 Å². The number of ether oxygens (including phenoxy) is 2. The summed E-state index contributed by atoms with van der Waals surface area (Å²) in [6, 6.07) is 17.3. The maximum absolute atomic E-state index is 8.82. The van der Waals surface area contributed by atoms with Crippen LogP contribution in [0.3, 0.4) is 0 Å². The van der Waals surface area contributed by atoms with Gasteiger partial charge in [0.05, 0.1) is 11.6 Å². The van der Waals surface area contributed by atoms with Gasteiger partial charge in [0.2, 0.25) is 0 Å². The highest BCUT2D eigenvalue weighted by atomic mass is 16.5. The van der Waals surface area contributed by atoms with Crippen molar-refractivity contribution in [3.05, 3.63) is 59.7 Å². The van der Waals surface area contributed by atoms with Gasteiger partial charge in [-0.3, -0.25) is 0 Å². The monoisotopic (exact) mass is 281 g/mol. The highest BCUT2D eigenvalue weighted by molar-refractivity contribution is 5.36. The molecule has 0 aliphatic heterocycles. The molecule has 3 heteroatoms. The van der Waals surface area contributed by atoms with E-state index in [1.807, 2.05) is 18.2 Å². The van der Waals surface area contributed by atoms with Crippen LogP contribution in [0.4, 0.5) is 0 Å². The van der Waals surface area contributed by atoms with Crippen molar-refractivity contribution < 1.29 is 9.47 Å². The zero-order chi connectivity index (χ0) is 15.1. The molecule has 2 rings (SSSR count). The fourth-order valence-electron chi connectivity index (χ4n) is 1.94. The van der Waals surface area contributed by atoms with Crippen LogP contribution in [-0.4, -0.2) is 13.2 Å². The maximum atomic E-state index is 8.82. The molecule has 0 aliphatic carbocycles. The molecule has 0 saturated carbocycles. The standard InChI is InChI=1S/C18H19NO2/c1-14(2)16-6-4-8-18(12-16)21-10-9-20-17-7-3-5-15(11-17)13-19/h3-8,11-12,14H,9-10H2,1-2H3. The van der Waals surface area contributed by atoms with Crippen molar-refractivity contribution in [2.75, 3.05) is 13.2 Å². The second-order valence-electron chi connectivity index (χ2n) is 5.06. The predicted molar refractivity (Wildman–Crippen MR) is 82.7 cm³/mol. The minimum atomic E-state index is 0.445. The van der Waals surface area contributed by atoms with Crippen molar-refractivity contribution in [2.45, 2.75) is 19.8 Å². The third kappa shape index (κ3) is 4.54. The van der Waals surface area contributed by atoms with Gasteiger partial charge in [0.1, 0.15) is 24.7 Å². The second-order valence-corrected chi connectivity index (χ2v) is 5.06. The zero-order valence-electron chi connectivity index (χ0n) is 12.4. The topological polar surface area (TPSA) is 42.2 Å². The molecule has 21 heavy (non-hydrogen) atoms. The van der Waals surface area contributed by atoms with E-state index in [0.717, 1.165) is 5.75 Å². The normalized spacial score (nSPS) is 10.2. The lowest BCUT2D eigenvalue weighted by Gasteiger charge is -2.11. The summed E-state index contributed by atoms with van der Waals surface area (Å²) in [6.45, 7) is 5.23. The van der Waals surface area contributed by atoms with Crippen molar-refractivity contribution in [2.24, 2.45) is 0 Å². The summed E-state index contributed by atoms with van der Waals surface area (Å²) < 4.78 is 11.3. The Kier molecular flexibility index (Phi) is 5.22. The second kappa shape index (κ2) is 7.35. The number of nitrogens with zero attached hydrogens (tertiary/aromatic N) is 1. The molecule has 0 radical (unpaired) electrons. The predicted octanol–water partition coefficient (Wildman–Crippen LogP) is 4.14. The van der Waals surface area contributed by atoms with Gasteiger partial charge in [-0.05, 0) is 41.8 Å². The third-order valence-electron chi connectivity index (χ3n) is 3.11. The van der Waals surface area contributed by atoms with Gasteiger partial charge in [-0.2, -0.15) is 5.26 Å². The molecule has 0 bridgehead atoms. The number of hydrogen-bond acceptors (Lipinski definition) is 3. The molecule has 0 atom stereocenters. The van der Waals surface area contributed by atoms with E-state index in [-0.39, 0.29) is 0 Å².